The molecule has 8 nitrogen and oxygen atoms in total. The number of halogens is 4. The highest BCUT2D eigenvalue weighted by atomic mass is 79.9. The second kappa shape index (κ2) is 11.9. The van der Waals surface area contributed by atoms with Crippen LogP contribution in [0.2, 0.25) is 5.02 Å². The minimum Gasteiger partial charge on any atom is -0.423 e. The maximum Gasteiger partial charge on any atom is 0.343 e. The molecule has 2 saturated carbocycles. The molecular formula is C31H22Br3ClN2O6. The molecule has 6 rings (SSSR count). The number of hydrazine groups is 1. The van der Waals surface area contributed by atoms with Gasteiger partial charge in [0.1, 0.15) is 12.3 Å². The molecule has 43 heavy (non-hydrogen) atoms. The van der Waals surface area contributed by atoms with Crippen LogP contribution in [-0.2, 0) is 9.59 Å². The zero-order chi connectivity index (χ0) is 30.6. The SMILES string of the molecule is O=C(CN(C(=O)c1ccccc1Cl)N1C(=O)[C@@H]2[C@H]3C[C@@H]([C@H](Br)[C@H]3Br)[C@H]2C1=O)c1ccc(OC(=O)c2ccc(Br)cc2)cc1. The second-order valence-corrected chi connectivity index (χ2v) is 14.1. The van der Waals surface area contributed by atoms with Crippen LogP contribution < -0.4 is 4.74 Å². The third-order valence-corrected chi connectivity index (χ3v) is 12.4. The van der Waals surface area contributed by atoms with Crippen LogP contribution in [0.15, 0.2) is 77.3 Å². The molecule has 12 heteroatoms. The summed E-state index contributed by atoms with van der Waals surface area (Å²) in [5.74, 6) is -3.88. The van der Waals surface area contributed by atoms with Crippen molar-refractivity contribution in [3.05, 3.63) is 99.0 Å². The van der Waals surface area contributed by atoms with Gasteiger partial charge in [0.2, 0.25) is 0 Å². The molecular weight excluding hydrogens is 772 g/mol. The van der Waals surface area contributed by atoms with Crippen molar-refractivity contribution in [1.29, 1.82) is 0 Å². The van der Waals surface area contributed by atoms with Crippen molar-refractivity contribution in [2.24, 2.45) is 23.7 Å². The number of benzene rings is 3. The van der Waals surface area contributed by atoms with Crippen LogP contribution in [0.25, 0.3) is 0 Å². The summed E-state index contributed by atoms with van der Waals surface area (Å²) in [5.41, 5.74) is 0.609. The van der Waals surface area contributed by atoms with Gasteiger partial charge in [0.05, 0.1) is 28.0 Å². The number of ketones is 1. The molecule has 1 aliphatic heterocycles. The van der Waals surface area contributed by atoms with Crippen LogP contribution in [0, 0.1) is 23.7 Å². The first kappa shape index (κ1) is 30.2. The molecule has 3 fully saturated rings. The van der Waals surface area contributed by atoms with Gasteiger partial charge in [0.25, 0.3) is 17.7 Å². The van der Waals surface area contributed by atoms with Gasteiger partial charge in [-0.25, -0.2) is 9.80 Å². The van der Waals surface area contributed by atoms with Gasteiger partial charge in [-0.3, -0.25) is 19.2 Å². The number of esters is 1. The Morgan fingerprint density at radius 1 is 0.837 bits per heavy atom. The van der Waals surface area contributed by atoms with Crippen molar-refractivity contribution in [3.8, 4) is 5.75 Å². The number of ether oxygens (including phenoxy) is 1. The maximum absolute atomic E-state index is 13.8. The van der Waals surface area contributed by atoms with Crippen LogP contribution in [0.4, 0.5) is 0 Å². The number of Topliss-reactive ketones (excluding diaryl/α,β-unsaturated/α-hetero) is 1. The number of carbonyl (C=O) groups excluding carboxylic acids is 5. The topological polar surface area (TPSA) is 101 Å². The van der Waals surface area contributed by atoms with Crippen LogP contribution in [0.3, 0.4) is 0 Å². The Morgan fingerprint density at radius 3 is 1.98 bits per heavy atom. The van der Waals surface area contributed by atoms with E-state index < -0.39 is 47.9 Å². The third kappa shape index (κ3) is 5.38. The molecule has 0 radical (unpaired) electrons. The molecule has 1 heterocycles. The van der Waals surface area contributed by atoms with E-state index in [0.29, 0.717) is 5.56 Å². The Labute approximate surface area is 277 Å². The van der Waals surface area contributed by atoms with Crippen LogP contribution >= 0.6 is 59.4 Å². The highest BCUT2D eigenvalue weighted by Gasteiger charge is 2.67. The smallest absolute Gasteiger partial charge is 0.343 e. The number of imide groups is 1. The fraction of sp³-hybridized carbons (Fsp3) is 0.258. The number of alkyl halides is 2. The molecule has 3 aliphatic rings. The first-order valence-electron chi connectivity index (χ1n) is 13.4. The number of hydrogen-bond donors (Lipinski definition) is 0. The van der Waals surface area contributed by atoms with E-state index in [1.54, 1.807) is 36.4 Å². The number of nitrogens with zero attached hydrogens (tertiary/aromatic N) is 2. The van der Waals surface area contributed by atoms with Crippen molar-refractivity contribution < 1.29 is 28.7 Å². The van der Waals surface area contributed by atoms with Crippen LogP contribution in [0.1, 0.15) is 37.5 Å². The average molecular weight is 794 g/mol. The van der Waals surface area contributed by atoms with Gasteiger partial charge in [-0.05, 0) is 78.9 Å². The molecule has 2 bridgehead atoms. The average Bonchev–Trinajstić information content (AvgIpc) is 3.61. The Hall–Kier alpha value is -2.86. The van der Waals surface area contributed by atoms with Crippen molar-refractivity contribution in [3.63, 3.8) is 0 Å². The van der Waals surface area contributed by atoms with E-state index in [1.807, 2.05) is 0 Å². The predicted molar refractivity (Wildman–Crippen MR) is 168 cm³/mol. The van der Waals surface area contributed by atoms with Gasteiger partial charge in [0, 0.05) is 19.7 Å². The zero-order valence-corrected chi connectivity index (χ0v) is 27.7. The zero-order valence-electron chi connectivity index (χ0n) is 22.2. The van der Waals surface area contributed by atoms with E-state index in [9.17, 15) is 24.0 Å². The standard InChI is InChI=1S/C31H22Br3ClN2O6/c32-17-9-5-16(6-10-17)31(42)43-18-11-7-15(8-12-18)23(38)14-36(28(39)19-3-1-2-4-22(19)35)37-29(40)24-20-13-21(25(24)30(37)41)27(34)26(20)33/h1-12,20-21,24-27H,13-14H2/t20-,21-,24-,25-,26+,27+/m1/s1. The second-order valence-electron chi connectivity index (χ2n) is 10.7. The Balaban J connectivity index is 1.25. The molecule has 6 atom stereocenters. The fourth-order valence-corrected chi connectivity index (χ4v) is 8.62. The minimum absolute atomic E-state index is 0.0150. The molecule has 220 valence electrons. The molecule has 3 amide bonds. The first-order chi connectivity index (χ1) is 20.6. The number of amides is 3. The van der Waals surface area contributed by atoms with Gasteiger partial charge in [0.15, 0.2) is 5.78 Å². The van der Waals surface area contributed by atoms with Gasteiger partial charge < -0.3 is 4.74 Å². The lowest BCUT2D eigenvalue weighted by molar-refractivity contribution is -0.154. The third-order valence-electron chi connectivity index (χ3n) is 8.30. The highest BCUT2D eigenvalue weighted by Crippen LogP contribution is 2.60. The summed E-state index contributed by atoms with van der Waals surface area (Å²) in [6.07, 6.45) is 0.725. The highest BCUT2D eigenvalue weighted by molar-refractivity contribution is 9.12. The summed E-state index contributed by atoms with van der Waals surface area (Å²) in [7, 11) is 0. The van der Waals surface area contributed by atoms with Gasteiger partial charge >= 0.3 is 5.97 Å². The predicted octanol–water partition coefficient (Wildman–Crippen LogP) is 6.34. The normalized spacial score (nSPS) is 25.5. The lowest BCUT2D eigenvalue weighted by Gasteiger charge is -2.31. The Bertz CT molecular complexity index is 1620. The molecule has 3 aromatic rings. The summed E-state index contributed by atoms with van der Waals surface area (Å²) in [6, 6.07) is 18.8. The molecule has 0 N–H and O–H groups in total. The summed E-state index contributed by atoms with van der Waals surface area (Å²) >= 11 is 17.0. The molecule has 0 aromatic heterocycles. The van der Waals surface area contributed by atoms with Crippen LogP contribution in [-0.4, -0.2) is 55.7 Å². The first-order valence-corrected chi connectivity index (χ1v) is 16.4. The Morgan fingerprint density at radius 2 is 1.40 bits per heavy atom. The van der Waals surface area contributed by atoms with E-state index in [-0.39, 0.29) is 43.4 Å². The molecule has 2 aliphatic carbocycles. The van der Waals surface area contributed by atoms with E-state index in [2.05, 4.69) is 47.8 Å². The summed E-state index contributed by atoms with van der Waals surface area (Å²) in [6.45, 7) is -0.580. The van der Waals surface area contributed by atoms with Crippen LogP contribution in [0.5, 0.6) is 5.75 Å². The number of rotatable bonds is 7. The lowest BCUT2D eigenvalue weighted by Crippen LogP contribution is -2.52. The largest absolute Gasteiger partial charge is 0.423 e. The summed E-state index contributed by atoms with van der Waals surface area (Å²) in [5, 5.41) is 1.90. The van der Waals surface area contributed by atoms with Crippen molar-refractivity contribution in [2.75, 3.05) is 6.54 Å². The van der Waals surface area contributed by atoms with E-state index in [0.717, 1.165) is 20.9 Å². The molecule has 3 aromatic carbocycles. The molecule has 1 saturated heterocycles. The number of fused-ring (bicyclic) bond motifs is 5. The molecule has 0 spiro atoms. The van der Waals surface area contributed by atoms with Gasteiger partial charge in [-0.15, -0.1) is 0 Å². The quantitative estimate of drug-likeness (QED) is 0.0911. The summed E-state index contributed by atoms with van der Waals surface area (Å²) in [4.78, 5) is 67.4. The monoisotopic (exact) mass is 790 g/mol. The number of carbonyl (C=O) groups is 5. The summed E-state index contributed by atoms with van der Waals surface area (Å²) < 4.78 is 6.23. The van der Waals surface area contributed by atoms with Gasteiger partial charge in [-0.1, -0.05) is 71.5 Å². The van der Waals surface area contributed by atoms with Gasteiger partial charge in [-0.2, -0.15) is 5.01 Å². The molecule has 0 unspecified atom stereocenters. The van der Waals surface area contributed by atoms with E-state index >= 15 is 0 Å². The number of hydrogen-bond acceptors (Lipinski definition) is 6. The fourth-order valence-electron chi connectivity index (χ4n) is 6.27. The van der Waals surface area contributed by atoms with Crippen molar-refractivity contribution in [2.45, 2.75) is 16.1 Å². The maximum atomic E-state index is 13.8. The Kier molecular flexibility index (Phi) is 8.36. The minimum atomic E-state index is -0.737. The lowest BCUT2D eigenvalue weighted by atomic mass is 9.81. The van der Waals surface area contributed by atoms with E-state index in [1.165, 1.54) is 36.4 Å². The van der Waals surface area contributed by atoms with Crippen molar-refractivity contribution in [1.82, 2.24) is 10.0 Å². The van der Waals surface area contributed by atoms with E-state index in [4.69, 9.17) is 16.3 Å². The van der Waals surface area contributed by atoms with Crippen molar-refractivity contribution >= 4 is 88.9 Å².